The van der Waals surface area contributed by atoms with Gasteiger partial charge in [0.05, 0.1) is 0 Å². The maximum atomic E-state index is 12.0. The summed E-state index contributed by atoms with van der Waals surface area (Å²) < 4.78 is 0. The van der Waals surface area contributed by atoms with Gasteiger partial charge in [0.25, 0.3) is 0 Å². The quantitative estimate of drug-likeness (QED) is 0.833. The van der Waals surface area contributed by atoms with Crippen molar-refractivity contribution in [1.82, 2.24) is 9.80 Å². The number of nitrogen functional groups attached to an aromatic ring is 1. The Morgan fingerprint density at radius 1 is 1.11 bits per heavy atom. The highest BCUT2D eigenvalue weighted by Gasteiger charge is 2.34. The highest BCUT2D eigenvalue weighted by molar-refractivity contribution is 5.81. The molecule has 2 fully saturated rings. The SMILES string of the molecule is Nc1ccc(CN2CCN(C(=O)C3CC3)CC2)cc1. The number of hydrogen-bond acceptors (Lipinski definition) is 3. The van der Waals surface area contributed by atoms with Crippen LogP contribution in [0.2, 0.25) is 0 Å². The predicted octanol–water partition coefficient (Wildman–Crippen LogP) is 1.32. The van der Waals surface area contributed by atoms with Crippen LogP contribution in [0.5, 0.6) is 0 Å². The van der Waals surface area contributed by atoms with E-state index in [9.17, 15) is 4.79 Å². The summed E-state index contributed by atoms with van der Waals surface area (Å²) in [4.78, 5) is 16.4. The second kappa shape index (κ2) is 5.21. The Balaban J connectivity index is 1.49. The van der Waals surface area contributed by atoms with E-state index in [4.69, 9.17) is 5.73 Å². The van der Waals surface area contributed by atoms with Crippen LogP contribution in [0.1, 0.15) is 18.4 Å². The summed E-state index contributed by atoms with van der Waals surface area (Å²) in [5, 5.41) is 0. The van der Waals surface area contributed by atoms with Crippen LogP contribution in [0.3, 0.4) is 0 Å². The molecule has 0 atom stereocenters. The number of nitrogens with zero attached hydrogens (tertiary/aromatic N) is 2. The lowest BCUT2D eigenvalue weighted by molar-refractivity contribution is -0.134. The average molecular weight is 259 g/mol. The Labute approximate surface area is 114 Å². The van der Waals surface area contributed by atoms with E-state index < -0.39 is 0 Å². The Bertz CT molecular complexity index is 445. The fourth-order valence-electron chi connectivity index (χ4n) is 2.60. The van der Waals surface area contributed by atoms with Gasteiger partial charge in [0.1, 0.15) is 0 Å². The van der Waals surface area contributed by atoms with E-state index in [1.165, 1.54) is 5.56 Å². The van der Waals surface area contributed by atoms with Crippen molar-refractivity contribution in [2.45, 2.75) is 19.4 Å². The molecule has 1 saturated carbocycles. The molecule has 0 aromatic heterocycles. The topological polar surface area (TPSA) is 49.6 Å². The summed E-state index contributed by atoms with van der Waals surface area (Å²) in [5.41, 5.74) is 7.78. The first kappa shape index (κ1) is 12.5. The van der Waals surface area contributed by atoms with Gasteiger partial charge < -0.3 is 10.6 Å². The summed E-state index contributed by atoms with van der Waals surface area (Å²) in [6, 6.07) is 8.05. The van der Waals surface area contributed by atoms with Crippen molar-refractivity contribution in [3.05, 3.63) is 29.8 Å². The van der Waals surface area contributed by atoms with Crippen LogP contribution in [-0.4, -0.2) is 41.9 Å². The normalized spacial score (nSPS) is 20.5. The first-order chi connectivity index (χ1) is 9.22. The maximum Gasteiger partial charge on any atom is 0.225 e. The van der Waals surface area contributed by atoms with E-state index in [0.29, 0.717) is 11.8 Å². The third-order valence-electron chi connectivity index (χ3n) is 4.00. The molecule has 0 spiro atoms. The number of nitrogens with two attached hydrogens (primary N) is 1. The predicted molar refractivity (Wildman–Crippen MR) is 75.4 cm³/mol. The molecule has 1 heterocycles. The van der Waals surface area contributed by atoms with Crippen molar-refractivity contribution < 1.29 is 4.79 Å². The third kappa shape index (κ3) is 3.07. The van der Waals surface area contributed by atoms with Crippen molar-refractivity contribution in [3.63, 3.8) is 0 Å². The molecule has 4 heteroatoms. The van der Waals surface area contributed by atoms with Crippen LogP contribution < -0.4 is 5.73 Å². The van der Waals surface area contributed by atoms with Gasteiger partial charge in [-0.3, -0.25) is 9.69 Å². The monoisotopic (exact) mass is 259 g/mol. The molecule has 19 heavy (non-hydrogen) atoms. The molecule has 1 aliphatic carbocycles. The van der Waals surface area contributed by atoms with Gasteiger partial charge in [-0.1, -0.05) is 12.1 Å². The lowest BCUT2D eigenvalue weighted by Crippen LogP contribution is -2.48. The second-order valence-corrected chi connectivity index (χ2v) is 5.62. The minimum absolute atomic E-state index is 0.351. The highest BCUT2D eigenvalue weighted by atomic mass is 16.2. The molecule has 1 aromatic rings. The minimum atomic E-state index is 0.351. The van der Waals surface area contributed by atoms with Crippen LogP contribution in [0, 0.1) is 5.92 Å². The Morgan fingerprint density at radius 3 is 2.32 bits per heavy atom. The van der Waals surface area contributed by atoms with Crippen molar-refractivity contribution >= 4 is 11.6 Å². The molecule has 0 radical (unpaired) electrons. The number of hydrogen-bond donors (Lipinski definition) is 1. The first-order valence-corrected chi connectivity index (χ1v) is 7.08. The van der Waals surface area contributed by atoms with E-state index in [1.807, 2.05) is 17.0 Å². The Kier molecular flexibility index (Phi) is 3.42. The van der Waals surface area contributed by atoms with Crippen molar-refractivity contribution in [1.29, 1.82) is 0 Å². The largest absolute Gasteiger partial charge is 0.399 e. The smallest absolute Gasteiger partial charge is 0.225 e. The number of anilines is 1. The van der Waals surface area contributed by atoms with Crippen molar-refractivity contribution in [2.24, 2.45) is 5.92 Å². The summed E-state index contributed by atoms with van der Waals surface area (Å²) in [6.07, 6.45) is 2.20. The third-order valence-corrected chi connectivity index (χ3v) is 4.00. The molecule has 1 aromatic carbocycles. The Morgan fingerprint density at radius 2 is 1.74 bits per heavy atom. The van der Waals surface area contributed by atoms with E-state index in [-0.39, 0.29) is 0 Å². The molecular formula is C15H21N3O. The van der Waals surface area contributed by atoms with E-state index in [1.54, 1.807) is 0 Å². The fourth-order valence-corrected chi connectivity index (χ4v) is 2.60. The summed E-state index contributed by atoms with van der Waals surface area (Å²) in [5.74, 6) is 0.732. The zero-order valence-corrected chi connectivity index (χ0v) is 11.2. The standard InChI is InChI=1S/C15H21N3O/c16-14-5-1-12(2-6-14)11-17-7-9-18(10-8-17)15(19)13-3-4-13/h1-2,5-6,13H,3-4,7-11,16H2. The maximum absolute atomic E-state index is 12.0. The van der Waals surface area contributed by atoms with E-state index in [0.717, 1.165) is 51.3 Å². The number of piperazine rings is 1. The molecule has 1 amide bonds. The number of benzene rings is 1. The molecule has 3 rings (SSSR count). The van der Waals surface area contributed by atoms with Crippen LogP contribution in [0.15, 0.2) is 24.3 Å². The lowest BCUT2D eigenvalue weighted by atomic mass is 10.2. The van der Waals surface area contributed by atoms with Gasteiger partial charge in [0.15, 0.2) is 0 Å². The van der Waals surface area contributed by atoms with Gasteiger partial charge in [-0.2, -0.15) is 0 Å². The van der Waals surface area contributed by atoms with Crippen LogP contribution in [-0.2, 0) is 11.3 Å². The molecular weight excluding hydrogens is 238 g/mol. The molecule has 2 N–H and O–H groups in total. The Hall–Kier alpha value is -1.55. The zero-order valence-electron chi connectivity index (χ0n) is 11.2. The van der Waals surface area contributed by atoms with Crippen molar-refractivity contribution in [2.75, 3.05) is 31.9 Å². The van der Waals surface area contributed by atoms with E-state index >= 15 is 0 Å². The summed E-state index contributed by atoms with van der Waals surface area (Å²) >= 11 is 0. The van der Waals surface area contributed by atoms with Gasteiger partial charge in [-0.15, -0.1) is 0 Å². The fraction of sp³-hybridized carbons (Fsp3) is 0.533. The molecule has 4 nitrogen and oxygen atoms in total. The minimum Gasteiger partial charge on any atom is -0.399 e. The van der Waals surface area contributed by atoms with Crippen molar-refractivity contribution in [3.8, 4) is 0 Å². The highest BCUT2D eigenvalue weighted by Crippen LogP contribution is 2.31. The zero-order chi connectivity index (χ0) is 13.2. The number of carbonyl (C=O) groups excluding carboxylic acids is 1. The molecule has 102 valence electrons. The molecule has 1 aliphatic heterocycles. The second-order valence-electron chi connectivity index (χ2n) is 5.62. The molecule has 0 unspecified atom stereocenters. The average Bonchev–Trinajstić information content (AvgIpc) is 3.26. The van der Waals surface area contributed by atoms with E-state index in [2.05, 4.69) is 17.0 Å². The number of carbonyl (C=O) groups is 1. The van der Waals surface area contributed by atoms with Gasteiger partial charge in [0, 0.05) is 44.3 Å². The van der Waals surface area contributed by atoms with Crippen LogP contribution in [0.4, 0.5) is 5.69 Å². The summed E-state index contributed by atoms with van der Waals surface area (Å²) in [6.45, 7) is 4.66. The number of amides is 1. The summed E-state index contributed by atoms with van der Waals surface area (Å²) in [7, 11) is 0. The van der Waals surface area contributed by atoms with Gasteiger partial charge in [0.2, 0.25) is 5.91 Å². The molecule has 0 bridgehead atoms. The molecule has 1 saturated heterocycles. The van der Waals surface area contributed by atoms with Gasteiger partial charge >= 0.3 is 0 Å². The van der Waals surface area contributed by atoms with Crippen LogP contribution >= 0.6 is 0 Å². The number of rotatable bonds is 3. The van der Waals surface area contributed by atoms with Crippen LogP contribution in [0.25, 0.3) is 0 Å². The lowest BCUT2D eigenvalue weighted by Gasteiger charge is -2.34. The molecule has 2 aliphatic rings. The first-order valence-electron chi connectivity index (χ1n) is 7.08. The van der Waals surface area contributed by atoms with Gasteiger partial charge in [-0.05, 0) is 30.5 Å². The van der Waals surface area contributed by atoms with Gasteiger partial charge in [-0.25, -0.2) is 0 Å².